The van der Waals surface area contributed by atoms with Crippen molar-refractivity contribution in [2.45, 2.75) is 83.5 Å². The molecule has 0 heteroatoms. The van der Waals surface area contributed by atoms with Crippen molar-refractivity contribution in [2.75, 3.05) is 0 Å². The number of hydrogen-bond donors (Lipinski definition) is 0. The third-order valence-corrected chi connectivity index (χ3v) is 5.52. The summed E-state index contributed by atoms with van der Waals surface area (Å²) >= 11 is 0. The van der Waals surface area contributed by atoms with Crippen LogP contribution in [0.25, 0.3) is 0 Å². The van der Waals surface area contributed by atoms with Crippen LogP contribution < -0.4 is 0 Å². The monoisotopic (exact) mass is 244 g/mol. The van der Waals surface area contributed by atoms with E-state index in [0.29, 0.717) is 0 Å². The van der Waals surface area contributed by atoms with Crippen LogP contribution >= 0.6 is 0 Å². The minimum Gasteiger partial charge on any atom is -0.0702 e. The van der Waals surface area contributed by atoms with Crippen molar-refractivity contribution in [3.63, 3.8) is 0 Å². The van der Waals surface area contributed by atoms with Crippen LogP contribution in [-0.2, 0) is 0 Å². The van der Waals surface area contributed by atoms with Crippen molar-refractivity contribution >= 4 is 0 Å². The lowest BCUT2D eigenvalue weighted by Gasteiger charge is -2.34. The highest BCUT2D eigenvalue weighted by atomic mass is 14.4. The van der Waals surface area contributed by atoms with Gasteiger partial charge >= 0.3 is 0 Å². The molecule has 0 radical (unpaired) electrons. The molecule has 0 amide bonds. The summed E-state index contributed by atoms with van der Waals surface area (Å²) in [4.78, 5) is 0. The van der Waals surface area contributed by atoms with Gasteiger partial charge in [0.2, 0.25) is 0 Å². The zero-order chi connectivity index (χ0) is 12.3. The Morgan fingerprint density at radius 2 is 1.22 bits per heavy atom. The number of rotatable bonds is 1. The molecular formula is C18H28. The zero-order valence-corrected chi connectivity index (χ0v) is 11.8. The molecule has 3 aliphatic carbocycles. The number of allylic oxidation sites excluding steroid dienone is 4. The van der Waals surface area contributed by atoms with Gasteiger partial charge < -0.3 is 0 Å². The fourth-order valence-electron chi connectivity index (χ4n) is 4.45. The maximum Gasteiger partial charge on any atom is -0.0260 e. The third kappa shape index (κ3) is 2.90. The van der Waals surface area contributed by atoms with Crippen molar-refractivity contribution in [1.29, 1.82) is 0 Å². The topological polar surface area (TPSA) is 0 Å². The van der Waals surface area contributed by atoms with Crippen LogP contribution in [0.2, 0.25) is 0 Å². The SMILES string of the molecule is C(/C=C1/CCCC2(CCCC2)C1)=C1CCCCC1. The van der Waals surface area contributed by atoms with Crippen LogP contribution in [0.15, 0.2) is 23.3 Å². The van der Waals surface area contributed by atoms with E-state index < -0.39 is 0 Å². The van der Waals surface area contributed by atoms with Crippen LogP contribution in [-0.4, -0.2) is 0 Å². The molecule has 0 saturated heterocycles. The molecule has 18 heavy (non-hydrogen) atoms. The first kappa shape index (κ1) is 12.5. The van der Waals surface area contributed by atoms with Crippen LogP contribution in [0.4, 0.5) is 0 Å². The molecule has 0 aliphatic heterocycles. The summed E-state index contributed by atoms with van der Waals surface area (Å²) in [6, 6.07) is 0. The molecule has 1 spiro atoms. The average molecular weight is 244 g/mol. The van der Waals surface area contributed by atoms with Gasteiger partial charge in [-0.2, -0.15) is 0 Å². The highest BCUT2D eigenvalue weighted by molar-refractivity contribution is 5.21. The van der Waals surface area contributed by atoms with E-state index in [1.165, 1.54) is 83.5 Å². The third-order valence-electron chi connectivity index (χ3n) is 5.52. The first-order valence-electron chi connectivity index (χ1n) is 8.24. The standard InChI is InChI=1S/C18H28/c1-2-7-16(8-3-1)10-11-17-9-6-14-18(15-17)12-4-5-13-18/h10-11H,1-9,12-15H2/b17-11-. The summed E-state index contributed by atoms with van der Waals surface area (Å²) in [7, 11) is 0. The van der Waals surface area contributed by atoms with Gasteiger partial charge in [-0.15, -0.1) is 0 Å². The van der Waals surface area contributed by atoms with E-state index in [4.69, 9.17) is 0 Å². The molecule has 3 aliphatic rings. The van der Waals surface area contributed by atoms with Crippen molar-refractivity contribution in [1.82, 2.24) is 0 Å². The molecular weight excluding hydrogens is 216 g/mol. The van der Waals surface area contributed by atoms with Crippen LogP contribution in [0.1, 0.15) is 83.5 Å². The fraction of sp³-hybridized carbons (Fsp3) is 0.778. The van der Waals surface area contributed by atoms with E-state index in [0.717, 1.165) is 5.41 Å². The predicted molar refractivity (Wildman–Crippen MR) is 78.6 cm³/mol. The highest BCUT2D eigenvalue weighted by Gasteiger charge is 2.36. The molecule has 0 bridgehead atoms. The van der Waals surface area contributed by atoms with Crippen LogP contribution in [0.3, 0.4) is 0 Å². The Balaban J connectivity index is 1.64. The van der Waals surface area contributed by atoms with Crippen molar-refractivity contribution < 1.29 is 0 Å². The summed E-state index contributed by atoms with van der Waals surface area (Å²) in [5.41, 5.74) is 4.23. The average Bonchev–Trinajstić information content (AvgIpc) is 2.86. The molecule has 3 saturated carbocycles. The largest absolute Gasteiger partial charge is 0.0702 e. The molecule has 0 atom stereocenters. The Bertz CT molecular complexity index is 331. The van der Waals surface area contributed by atoms with Crippen molar-refractivity contribution in [2.24, 2.45) is 5.41 Å². The second-order valence-corrected chi connectivity index (χ2v) is 6.95. The molecule has 0 unspecified atom stereocenters. The number of hydrogen-bond acceptors (Lipinski definition) is 0. The smallest absolute Gasteiger partial charge is 0.0260 e. The first-order valence-corrected chi connectivity index (χ1v) is 8.24. The van der Waals surface area contributed by atoms with Crippen molar-refractivity contribution in [3.8, 4) is 0 Å². The Kier molecular flexibility index (Phi) is 3.91. The van der Waals surface area contributed by atoms with Crippen LogP contribution in [0.5, 0.6) is 0 Å². The van der Waals surface area contributed by atoms with Gasteiger partial charge in [0.05, 0.1) is 0 Å². The van der Waals surface area contributed by atoms with Crippen LogP contribution in [0, 0.1) is 5.41 Å². The van der Waals surface area contributed by atoms with E-state index >= 15 is 0 Å². The summed E-state index contributed by atoms with van der Waals surface area (Å²) in [5.74, 6) is 0. The maximum atomic E-state index is 2.51. The van der Waals surface area contributed by atoms with E-state index in [1.54, 1.807) is 11.1 Å². The fourth-order valence-corrected chi connectivity index (χ4v) is 4.45. The summed E-state index contributed by atoms with van der Waals surface area (Å²) < 4.78 is 0. The second-order valence-electron chi connectivity index (χ2n) is 6.95. The molecule has 0 heterocycles. The summed E-state index contributed by atoms with van der Waals surface area (Å²) in [6.07, 6.45) is 23.9. The van der Waals surface area contributed by atoms with Gasteiger partial charge in [0.15, 0.2) is 0 Å². The van der Waals surface area contributed by atoms with E-state index in [9.17, 15) is 0 Å². The summed E-state index contributed by atoms with van der Waals surface area (Å²) in [6.45, 7) is 0. The maximum absolute atomic E-state index is 2.51. The lowest BCUT2D eigenvalue weighted by atomic mass is 9.71. The Hall–Kier alpha value is -0.520. The van der Waals surface area contributed by atoms with Gasteiger partial charge in [-0.3, -0.25) is 0 Å². The van der Waals surface area contributed by atoms with E-state index in [-0.39, 0.29) is 0 Å². The Morgan fingerprint density at radius 1 is 0.611 bits per heavy atom. The Morgan fingerprint density at radius 3 is 2.00 bits per heavy atom. The minimum absolute atomic E-state index is 0.745. The highest BCUT2D eigenvalue weighted by Crippen LogP contribution is 2.50. The zero-order valence-electron chi connectivity index (χ0n) is 11.8. The van der Waals surface area contributed by atoms with Gasteiger partial charge in [-0.25, -0.2) is 0 Å². The molecule has 0 aromatic heterocycles. The molecule has 0 aromatic rings. The molecule has 100 valence electrons. The molecule has 0 N–H and O–H groups in total. The Labute approximate surface area is 113 Å². The molecule has 3 rings (SSSR count). The normalized spacial score (nSPS) is 30.0. The predicted octanol–water partition coefficient (Wildman–Crippen LogP) is 5.94. The van der Waals surface area contributed by atoms with Gasteiger partial charge in [-0.05, 0) is 69.6 Å². The van der Waals surface area contributed by atoms with Gasteiger partial charge in [0.25, 0.3) is 0 Å². The van der Waals surface area contributed by atoms with E-state index in [1.807, 2.05) is 0 Å². The minimum atomic E-state index is 0.745. The van der Waals surface area contributed by atoms with Gasteiger partial charge in [-0.1, -0.05) is 42.6 Å². The lowest BCUT2D eigenvalue weighted by molar-refractivity contribution is 0.234. The molecule has 0 aromatic carbocycles. The van der Waals surface area contributed by atoms with Gasteiger partial charge in [0, 0.05) is 0 Å². The van der Waals surface area contributed by atoms with E-state index in [2.05, 4.69) is 12.2 Å². The summed E-state index contributed by atoms with van der Waals surface area (Å²) in [5, 5.41) is 0. The second kappa shape index (κ2) is 5.63. The quantitative estimate of drug-likeness (QED) is 0.535. The lowest BCUT2D eigenvalue weighted by Crippen LogP contribution is -2.21. The van der Waals surface area contributed by atoms with Gasteiger partial charge in [0.1, 0.15) is 0 Å². The molecule has 0 nitrogen and oxygen atoms in total. The molecule has 3 fully saturated rings. The first-order chi connectivity index (χ1) is 8.86. The van der Waals surface area contributed by atoms with Crippen molar-refractivity contribution in [3.05, 3.63) is 23.3 Å².